The number of halogens is 2. The summed E-state index contributed by atoms with van der Waals surface area (Å²) in [6.07, 6.45) is 4.99. The van der Waals surface area contributed by atoms with Crippen LogP contribution in [0.3, 0.4) is 0 Å². The summed E-state index contributed by atoms with van der Waals surface area (Å²) in [7, 11) is 1.62. The van der Waals surface area contributed by atoms with Crippen molar-refractivity contribution in [2.45, 2.75) is 18.4 Å². The van der Waals surface area contributed by atoms with Gasteiger partial charge in [-0.2, -0.15) is 0 Å². The van der Waals surface area contributed by atoms with E-state index in [1.807, 2.05) is 29.0 Å². The Hall–Kier alpha value is -3.02. The van der Waals surface area contributed by atoms with Crippen molar-refractivity contribution in [1.82, 2.24) is 25.1 Å². The van der Waals surface area contributed by atoms with Gasteiger partial charge in [0.05, 0.1) is 24.5 Å². The second kappa shape index (κ2) is 13.1. The standard InChI is InChI=1S/C28H34Cl2N6O4/c1-31-27(37)33-9-11-34-12-14-36(15-13-34)22-3-5-23(6-4-22)38-17-24-18-39-28(40-24,19-35-10-8-32-20-35)25-7-2-21(29)16-26(25)30/h2-8,10,16,20,24H,9,11-15,17-19H2,1H3,(H2,31,33,37)/t24-,28-/m1/s1. The normalized spacial score (nSPS) is 21.4. The maximum Gasteiger partial charge on any atom is 0.314 e. The first-order valence-electron chi connectivity index (χ1n) is 13.3. The highest BCUT2D eigenvalue weighted by molar-refractivity contribution is 6.35. The topological polar surface area (TPSA) is 93.1 Å². The van der Waals surface area contributed by atoms with Gasteiger partial charge in [-0.1, -0.05) is 29.3 Å². The van der Waals surface area contributed by atoms with Crippen molar-refractivity contribution in [3.05, 3.63) is 76.8 Å². The number of imidazole rings is 1. The third kappa shape index (κ3) is 7.00. The number of carbonyl (C=O) groups is 1. The minimum absolute atomic E-state index is 0.146. The molecule has 2 aliphatic heterocycles. The molecule has 2 aromatic carbocycles. The fourth-order valence-electron chi connectivity index (χ4n) is 4.96. The summed E-state index contributed by atoms with van der Waals surface area (Å²) < 4.78 is 20.7. The number of aromatic nitrogens is 2. The predicted molar refractivity (Wildman–Crippen MR) is 154 cm³/mol. The van der Waals surface area contributed by atoms with Crippen LogP contribution in [0.1, 0.15) is 5.56 Å². The number of hydrogen-bond donors (Lipinski definition) is 2. The Morgan fingerprint density at radius 2 is 1.95 bits per heavy atom. The molecule has 1 aromatic heterocycles. The first-order valence-corrected chi connectivity index (χ1v) is 14.1. The minimum Gasteiger partial charge on any atom is -0.491 e. The van der Waals surface area contributed by atoms with E-state index in [1.54, 1.807) is 31.7 Å². The number of nitrogens with one attached hydrogen (secondary N) is 2. The minimum atomic E-state index is -1.08. The molecule has 2 fully saturated rings. The van der Waals surface area contributed by atoms with Gasteiger partial charge in [0, 0.05) is 75.0 Å². The second-order valence-electron chi connectivity index (χ2n) is 9.80. The first-order chi connectivity index (χ1) is 19.4. The Labute approximate surface area is 244 Å². The zero-order valence-electron chi connectivity index (χ0n) is 22.4. The Morgan fingerprint density at radius 1 is 1.15 bits per heavy atom. The number of hydrogen-bond acceptors (Lipinski definition) is 7. The van der Waals surface area contributed by atoms with Crippen LogP contribution in [0.4, 0.5) is 10.5 Å². The molecule has 2 amide bonds. The molecular formula is C28H34Cl2N6O4. The van der Waals surface area contributed by atoms with Crippen molar-refractivity contribution >= 4 is 34.9 Å². The molecule has 2 aliphatic rings. The van der Waals surface area contributed by atoms with Gasteiger partial charge in [-0.25, -0.2) is 9.78 Å². The molecule has 0 saturated carbocycles. The molecular weight excluding hydrogens is 555 g/mol. The number of anilines is 1. The van der Waals surface area contributed by atoms with E-state index in [4.69, 9.17) is 37.4 Å². The van der Waals surface area contributed by atoms with Gasteiger partial charge < -0.3 is 34.3 Å². The zero-order chi connectivity index (χ0) is 28.0. The molecule has 2 N–H and O–H groups in total. The molecule has 12 heteroatoms. The Kier molecular flexibility index (Phi) is 9.33. The Balaban J connectivity index is 1.13. The number of benzene rings is 2. The van der Waals surface area contributed by atoms with Crippen molar-refractivity contribution in [2.75, 3.05) is 64.4 Å². The van der Waals surface area contributed by atoms with Crippen LogP contribution in [0.15, 0.2) is 61.2 Å². The van der Waals surface area contributed by atoms with Crippen LogP contribution in [-0.2, 0) is 21.8 Å². The summed E-state index contributed by atoms with van der Waals surface area (Å²) >= 11 is 12.7. The summed E-state index contributed by atoms with van der Waals surface area (Å²) in [6.45, 7) is 6.31. The summed E-state index contributed by atoms with van der Waals surface area (Å²) in [5, 5.41) is 6.43. The lowest BCUT2D eigenvalue weighted by atomic mass is 10.1. The Bertz CT molecular complexity index is 1250. The lowest BCUT2D eigenvalue weighted by Crippen LogP contribution is -2.49. The van der Waals surface area contributed by atoms with E-state index in [2.05, 4.69) is 37.6 Å². The quantitative estimate of drug-likeness (QED) is 0.374. The molecule has 2 saturated heterocycles. The summed E-state index contributed by atoms with van der Waals surface area (Å²) in [5.74, 6) is -0.316. The van der Waals surface area contributed by atoms with Gasteiger partial charge in [0.15, 0.2) is 0 Å². The molecule has 2 atom stereocenters. The van der Waals surface area contributed by atoms with Gasteiger partial charge in [-0.15, -0.1) is 0 Å². The van der Waals surface area contributed by atoms with Gasteiger partial charge in [0.2, 0.25) is 5.79 Å². The van der Waals surface area contributed by atoms with Gasteiger partial charge >= 0.3 is 6.03 Å². The third-order valence-corrected chi connectivity index (χ3v) is 7.65. The molecule has 3 heterocycles. The number of rotatable bonds is 10. The molecule has 0 unspecified atom stereocenters. The SMILES string of the molecule is CNC(=O)NCCN1CCN(c2ccc(OC[C@@H]3CO[C@@](Cn4ccnc4)(c4ccc(Cl)cc4Cl)O3)cc2)CC1. The van der Waals surface area contributed by atoms with Gasteiger partial charge in [0.25, 0.3) is 0 Å². The van der Waals surface area contributed by atoms with Crippen LogP contribution in [0.25, 0.3) is 0 Å². The summed E-state index contributed by atoms with van der Waals surface area (Å²) in [4.78, 5) is 20.2. The van der Waals surface area contributed by atoms with Crippen LogP contribution >= 0.6 is 23.2 Å². The highest BCUT2D eigenvalue weighted by Gasteiger charge is 2.45. The van der Waals surface area contributed by atoms with Crippen molar-refractivity contribution in [1.29, 1.82) is 0 Å². The molecule has 5 rings (SSSR count). The highest BCUT2D eigenvalue weighted by atomic mass is 35.5. The van der Waals surface area contributed by atoms with Gasteiger partial charge in [-0.05, 0) is 36.4 Å². The van der Waals surface area contributed by atoms with E-state index in [0.717, 1.165) is 44.2 Å². The van der Waals surface area contributed by atoms with Gasteiger partial charge in [0.1, 0.15) is 18.5 Å². The predicted octanol–water partition coefficient (Wildman–Crippen LogP) is 3.59. The number of piperazine rings is 1. The number of ether oxygens (including phenoxy) is 3. The molecule has 40 heavy (non-hydrogen) atoms. The summed E-state index contributed by atoms with van der Waals surface area (Å²) in [6, 6.07) is 13.3. The molecule has 0 bridgehead atoms. The number of urea groups is 1. The fourth-order valence-corrected chi connectivity index (χ4v) is 5.52. The summed E-state index contributed by atoms with van der Waals surface area (Å²) in [5.41, 5.74) is 1.87. The lowest BCUT2D eigenvalue weighted by Gasteiger charge is -2.36. The van der Waals surface area contributed by atoms with E-state index in [-0.39, 0.29) is 12.1 Å². The average Bonchev–Trinajstić information content (AvgIpc) is 3.63. The molecule has 214 valence electrons. The van der Waals surface area contributed by atoms with Crippen LogP contribution < -0.4 is 20.3 Å². The van der Waals surface area contributed by atoms with Crippen LogP contribution in [0, 0.1) is 0 Å². The smallest absolute Gasteiger partial charge is 0.314 e. The fraction of sp³-hybridized carbons (Fsp3) is 0.429. The van der Waals surface area contributed by atoms with E-state index in [0.29, 0.717) is 41.9 Å². The van der Waals surface area contributed by atoms with Crippen LogP contribution in [0.2, 0.25) is 10.0 Å². The van der Waals surface area contributed by atoms with Crippen molar-refractivity contribution in [3.63, 3.8) is 0 Å². The maximum atomic E-state index is 11.3. The largest absolute Gasteiger partial charge is 0.491 e. The third-order valence-electron chi connectivity index (χ3n) is 7.10. The van der Waals surface area contributed by atoms with E-state index >= 15 is 0 Å². The zero-order valence-corrected chi connectivity index (χ0v) is 23.9. The van der Waals surface area contributed by atoms with Gasteiger partial charge in [-0.3, -0.25) is 4.90 Å². The maximum absolute atomic E-state index is 11.3. The Morgan fingerprint density at radius 3 is 2.65 bits per heavy atom. The van der Waals surface area contributed by atoms with Crippen molar-refractivity contribution < 1.29 is 19.0 Å². The molecule has 0 radical (unpaired) electrons. The monoisotopic (exact) mass is 588 g/mol. The number of amides is 2. The lowest BCUT2D eigenvalue weighted by molar-refractivity contribution is -0.189. The number of nitrogens with zero attached hydrogens (tertiary/aromatic N) is 4. The second-order valence-corrected chi connectivity index (χ2v) is 10.6. The van der Waals surface area contributed by atoms with Crippen molar-refractivity contribution in [2.24, 2.45) is 0 Å². The average molecular weight is 590 g/mol. The first kappa shape index (κ1) is 28.5. The van der Waals surface area contributed by atoms with E-state index in [9.17, 15) is 4.79 Å². The van der Waals surface area contributed by atoms with E-state index in [1.165, 1.54) is 0 Å². The van der Waals surface area contributed by atoms with Crippen LogP contribution in [0.5, 0.6) is 5.75 Å². The van der Waals surface area contributed by atoms with Crippen molar-refractivity contribution in [3.8, 4) is 5.75 Å². The highest BCUT2D eigenvalue weighted by Crippen LogP contribution is 2.40. The number of carbonyl (C=O) groups excluding carboxylic acids is 1. The molecule has 0 spiro atoms. The van der Waals surface area contributed by atoms with Crippen LogP contribution in [-0.4, -0.2) is 86.1 Å². The van der Waals surface area contributed by atoms with E-state index < -0.39 is 5.79 Å². The molecule has 10 nitrogen and oxygen atoms in total. The molecule has 0 aliphatic carbocycles. The molecule has 3 aromatic rings.